The molecule has 0 aliphatic heterocycles. The lowest BCUT2D eigenvalue weighted by molar-refractivity contribution is -0.137. The van der Waals surface area contributed by atoms with Gasteiger partial charge < -0.3 is 25.5 Å². The van der Waals surface area contributed by atoms with Crippen LogP contribution in [0.3, 0.4) is 0 Å². The van der Waals surface area contributed by atoms with Gasteiger partial charge in [0.25, 0.3) is 0 Å². The lowest BCUT2D eigenvalue weighted by Crippen LogP contribution is -2.42. The number of nitrogens with zero attached hydrogens (tertiary/aromatic N) is 3. The second-order valence-corrected chi connectivity index (χ2v) is 7.77. The maximum Gasteiger partial charge on any atom is 0.407 e. The summed E-state index contributed by atoms with van der Waals surface area (Å²) in [6, 6.07) is 8.26. The van der Waals surface area contributed by atoms with Crippen molar-refractivity contribution in [3.05, 3.63) is 76.4 Å². The third-order valence-electron chi connectivity index (χ3n) is 4.99. The molecule has 2 heterocycles. The van der Waals surface area contributed by atoms with Gasteiger partial charge in [0.15, 0.2) is 0 Å². The Labute approximate surface area is 196 Å². The number of aromatic amines is 1. The van der Waals surface area contributed by atoms with Crippen LogP contribution in [0.4, 0.5) is 10.6 Å². The first kappa shape index (κ1) is 24.5. The minimum Gasteiger partial charge on any atom is -0.481 e. The highest BCUT2D eigenvalue weighted by Gasteiger charge is 2.19. The zero-order valence-electron chi connectivity index (χ0n) is 18.9. The number of aryl methyl sites for hydroxylation is 2. The summed E-state index contributed by atoms with van der Waals surface area (Å²) in [5.74, 6) is 0.243. The molecule has 3 rings (SSSR count). The Balaban J connectivity index is 1.56. The molecule has 3 aromatic rings. The SMILES string of the molecule is Cc1cn(C[C@@H](CC(=O)O)NC(=O)OCc2ccccc2)c(=O)nc1NCCCc1ncc[nH]1. The molecule has 34 heavy (non-hydrogen) atoms. The number of rotatable bonds is 12. The van der Waals surface area contributed by atoms with E-state index < -0.39 is 23.8 Å². The molecule has 0 unspecified atom stereocenters. The topological polar surface area (TPSA) is 151 Å². The minimum absolute atomic E-state index is 0.0490. The number of carbonyl (C=O) groups is 2. The molecule has 1 aromatic carbocycles. The molecule has 0 aliphatic rings. The first-order valence-electron chi connectivity index (χ1n) is 10.9. The summed E-state index contributed by atoms with van der Waals surface area (Å²) in [5.41, 5.74) is 0.975. The number of hydrogen-bond acceptors (Lipinski definition) is 7. The van der Waals surface area contributed by atoms with Gasteiger partial charge >= 0.3 is 17.8 Å². The molecule has 0 saturated carbocycles. The zero-order chi connectivity index (χ0) is 24.3. The molecule has 0 spiro atoms. The highest BCUT2D eigenvalue weighted by atomic mass is 16.5. The van der Waals surface area contributed by atoms with E-state index in [1.165, 1.54) is 4.57 Å². The van der Waals surface area contributed by atoms with E-state index in [4.69, 9.17) is 4.74 Å². The lowest BCUT2D eigenvalue weighted by Gasteiger charge is -2.19. The van der Waals surface area contributed by atoms with Crippen molar-refractivity contribution in [2.45, 2.75) is 45.4 Å². The van der Waals surface area contributed by atoms with Crippen LogP contribution < -0.4 is 16.3 Å². The largest absolute Gasteiger partial charge is 0.481 e. The number of H-pyrrole nitrogens is 1. The van der Waals surface area contributed by atoms with E-state index in [1.807, 2.05) is 30.3 Å². The quantitative estimate of drug-likeness (QED) is 0.295. The fourth-order valence-electron chi connectivity index (χ4n) is 3.35. The number of carbonyl (C=O) groups excluding carboxylic acids is 1. The Morgan fingerprint density at radius 3 is 2.76 bits per heavy atom. The molecule has 180 valence electrons. The molecule has 11 heteroatoms. The Bertz CT molecular complexity index is 1130. The third kappa shape index (κ3) is 7.76. The van der Waals surface area contributed by atoms with Crippen molar-refractivity contribution in [3.63, 3.8) is 0 Å². The highest BCUT2D eigenvalue weighted by molar-refractivity contribution is 5.71. The van der Waals surface area contributed by atoms with Crippen LogP contribution in [0.1, 0.15) is 29.8 Å². The van der Waals surface area contributed by atoms with E-state index in [0.717, 1.165) is 29.8 Å². The van der Waals surface area contributed by atoms with E-state index in [2.05, 4.69) is 25.6 Å². The number of carboxylic acids is 1. The summed E-state index contributed by atoms with van der Waals surface area (Å²) in [6.45, 7) is 2.39. The van der Waals surface area contributed by atoms with Gasteiger partial charge in [-0.3, -0.25) is 9.36 Å². The first-order valence-corrected chi connectivity index (χ1v) is 10.9. The standard InChI is InChI=1S/C23H28N6O5/c1-16-13-29(22(32)28-21(16)26-9-5-8-19-24-10-11-25-19)14-18(12-20(30)31)27-23(33)34-15-17-6-3-2-4-7-17/h2-4,6-7,10-11,13,18H,5,8-9,12,14-15H2,1H3,(H,24,25)(H,27,33)(H,30,31)(H,26,28,32)/t18-/m1/s1. The average Bonchev–Trinajstić information content (AvgIpc) is 3.32. The van der Waals surface area contributed by atoms with Gasteiger partial charge in [0.1, 0.15) is 18.2 Å². The summed E-state index contributed by atoms with van der Waals surface area (Å²) < 4.78 is 6.46. The molecule has 0 saturated heterocycles. The van der Waals surface area contributed by atoms with Gasteiger partial charge in [0, 0.05) is 43.7 Å². The predicted octanol–water partition coefficient (Wildman–Crippen LogP) is 2.09. The van der Waals surface area contributed by atoms with Crippen molar-refractivity contribution in [3.8, 4) is 0 Å². The Kier molecular flexibility index (Phi) is 8.78. The van der Waals surface area contributed by atoms with E-state index in [1.54, 1.807) is 25.5 Å². The second kappa shape index (κ2) is 12.2. The van der Waals surface area contributed by atoms with Crippen molar-refractivity contribution < 1.29 is 19.4 Å². The number of hydrogen-bond donors (Lipinski definition) is 4. The van der Waals surface area contributed by atoms with Gasteiger partial charge in [-0.1, -0.05) is 30.3 Å². The number of aromatic nitrogens is 4. The van der Waals surface area contributed by atoms with E-state index in [-0.39, 0.29) is 19.6 Å². The van der Waals surface area contributed by atoms with Crippen LogP contribution in [0.2, 0.25) is 0 Å². The number of benzene rings is 1. The van der Waals surface area contributed by atoms with Gasteiger partial charge in [-0.05, 0) is 18.9 Å². The van der Waals surface area contributed by atoms with Crippen molar-refractivity contribution in [1.29, 1.82) is 0 Å². The number of anilines is 1. The summed E-state index contributed by atoms with van der Waals surface area (Å²) >= 11 is 0. The number of aliphatic carboxylic acids is 1. The molecule has 0 bridgehead atoms. The van der Waals surface area contributed by atoms with Crippen molar-refractivity contribution in [1.82, 2.24) is 24.8 Å². The van der Waals surface area contributed by atoms with Crippen LogP contribution in [0, 0.1) is 6.92 Å². The van der Waals surface area contributed by atoms with Crippen LogP contribution in [0.25, 0.3) is 0 Å². The number of carboxylic acid groups (broad SMARTS) is 1. The van der Waals surface area contributed by atoms with E-state index in [9.17, 15) is 19.5 Å². The molecule has 0 fully saturated rings. The molecule has 4 N–H and O–H groups in total. The van der Waals surface area contributed by atoms with Crippen LogP contribution in [-0.2, 0) is 29.1 Å². The van der Waals surface area contributed by atoms with Crippen LogP contribution in [0.15, 0.2) is 53.7 Å². The second-order valence-electron chi connectivity index (χ2n) is 7.77. The summed E-state index contributed by atoms with van der Waals surface area (Å²) in [4.78, 5) is 47.3. The third-order valence-corrected chi connectivity index (χ3v) is 4.99. The summed E-state index contributed by atoms with van der Waals surface area (Å²) in [7, 11) is 0. The first-order chi connectivity index (χ1) is 16.4. The molecule has 0 aliphatic carbocycles. The van der Waals surface area contributed by atoms with Crippen molar-refractivity contribution in [2.24, 2.45) is 0 Å². The van der Waals surface area contributed by atoms with Gasteiger partial charge in [-0.25, -0.2) is 14.6 Å². The minimum atomic E-state index is -1.11. The molecule has 1 atom stereocenters. The predicted molar refractivity (Wildman–Crippen MR) is 124 cm³/mol. The van der Waals surface area contributed by atoms with Crippen molar-refractivity contribution >= 4 is 17.9 Å². The Morgan fingerprint density at radius 1 is 1.26 bits per heavy atom. The van der Waals surface area contributed by atoms with Gasteiger partial charge in [0.2, 0.25) is 0 Å². The number of imidazole rings is 1. The average molecular weight is 469 g/mol. The zero-order valence-corrected chi connectivity index (χ0v) is 18.9. The van der Waals surface area contributed by atoms with E-state index >= 15 is 0 Å². The number of nitrogens with one attached hydrogen (secondary N) is 3. The number of ether oxygens (including phenoxy) is 1. The molecular formula is C23H28N6O5. The molecule has 11 nitrogen and oxygen atoms in total. The smallest absolute Gasteiger partial charge is 0.407 e. The van der Waals surface area contributed by atoms with E-state index in [0.29, 0.717) is 12.4 Å². The normalized spacial score (nSPS) is 11.6. The van der Waals surface area contributed by atoms with Crippen molar-refractivity contribution in [2.75, 3.05) is 11.9 Å². The molecule has 2 aromatic heterocycles. The fraction of sp³-hybridized carbons (Fsp3) is 0.348. The monoisotopic (exact) mass is 468 g/mol. The molecular weight excluding hydrogens is 440 g/mol. The molecule has 0 radical (unpaired) electrons. The number of amides is 1. The Morgan fingerprint density at radius 2 is 2.06 bits per heavy atom. The van der Waals surface area contributed by atoms with Crippen LogP contribution in [0.5, 0.6) is 0 Å². The maximum atomic E-state index is 12.5. The number of alkyl carbamates (subject to hydrolysis) is 1. The van der Waals surface area contributed by atoms with Gasteiger partial charge in [-0.2, -0.15) is 4.98 Å². The van der Waals surface area contributed by atoms with Gasteiger partial charge in [-0.15, -0.1) is 0 Å². The Hall–Kier alpha value is -4.15. The van der Waals surface area contributed by atoms with Crippen LogP contribution in [-0.4, -0.2) is 49.3 Å². The highest BCUT2D eigenvalue weighted by Crippen LogP contribution is 2.09. The van der Waals surface area contributed by atoms with Crippen LogP contribution >= 0.6 is 0 Å². The lowest BCUT2D eigenvalue weighted by atomic mass is 10.2. The van der Waals surface area contributed by atoms with Gasteiger partial charge in [0.05, 0.1) is 12.5 Å². The fourth-order valence-corrected chi connectivity index (χ4v) is 3.35. The maximum absolute atomic E-state index is 12.5. The summed E-state index contributed by atoms with van der Waals surface area (Å²) in [5, 5.41) is 14.9. The molecule has 1 amide bonds. The summed E-state index contributed by atoms with van der Waals surface area (Å²) in [6.07, 6.45) is 5.48.